The molecule has 4 aliphatic carbocycles. The van der Waals surface area contributed by atoms with Crippen LogP contribution < -0.4 is 5.32 Å². The summed E-state index contributed by atoms with van der Waals surface area (Å²) < 4.78 is 23.0. The summed E-state index contributed by atoms with van der Waals surface area (Å²) >= 11 is 0. The van der Waals surface area contributed by atoms with Gasteiger partial charge in [0.15, 0.2) is 5.58 Å². The number of anilines is 1. The Balaban J connectivity index is 1.06. The minimum absolute atomic E-state index is 0.106. The molecule has 36 heavy (non-hydrogen) atoms. The summed E-state index contributed by atoms with van der Waals surface area (Å²) in [4.78, 5) is 8.98. The normalized spacial score (nSPS) is 32.6. The van der Waals surface area contributed by atoms with Gasteiger partial charge in [-0.2, -0.15) is 4.98 Å². The van der Waals surface area contributed by atoms with Crippen LogP contribution in [0.5, 0.6) is 0 Å². The van der Waals surface area contributed by atoms with Gasteiger partial charge in [-0.25, -0.2) is 9.37 Å². The van der Waals surface area contributed by atoms with E-state index in [1.807, 2.05) is 30.3 Å². The van der Waals surface area contributed by atoms with Crippen LogP contribution in [0.4, 0.5) is 10.4 Å². The first-order chi connectivity index (χ1) is 17.6. The molecule has 5 aliphatic rings. The van der Waals surface area contributed by atoms with Crippen molar-refractivity contribution in [1.29, 1.82) is 0 Å². The number of aromatic nitrogens is 3. The monoisotopic (exact) mass is 484 g/mol. The molecule has 0 saturated heterocycles. The predicted molar refractivity (Wildman–Crippen MR) is 134 cm³/mol. The Morgan fingerprint density at radius 1 is 1.11 bits per heavy atom. The van der Waals surface area contributed by atoms with E-state index < -0.39 is 6.10 Å². The fourth-order valence-electron chi connectivity index (χ4n) is 8.50. The zero-order valence-electron chi connectivity index (χ0n) is 20.0. The lowest BCUT2D eigenvalue weighted by Gasteiger charge is -2.61. The minimum Gasteiger partial charge on any atom is -0.424 e. The maximum atomic E-state index is 15.0. The van der Waals surface area contributed by atoms with Gasteiger partial charge in [0.1, 0.15) is 11.3 Å². The van der Waals surface area contributed by atoms with Crippen LogP contribution in [0.25, 0.3) is 22.4 Å². The molecule has 6 nitrogen and oxygen atoms in total. The van der Waals surface area contributed by atoms with Gasteiger partial charge < -0.3 is 19.4 Å². The van der Waals surface area contributed by atoms with Gasteiger partial charge in [-0.1, -0.05) is 24.3 Å². The number of nitrogens with zero attached hydrogens (tertiary/aromatic N) is 3. The molecular weight excluding hydrogens is 455 g/mol. The highest BCUT2D eigenvalue weighted by Crippen LogP contribution is 2.63. The van der Waals surface area contributed by atoms with E-state index in [-0.39, 0.29) is 17.3 Å². The van der Waals surface area contributed by atoms with Gasteiger partial charge in [0, 0.05) is 17.2 Å². The first-order valence-corrected chi connectivity index (χ1v) is 13.2. The highest BCUT2D eigenvalue weighted by atomic mass is 19.1. The topological polar surface area (TPSA) is 76.1 Å². The number of nitrogens with one attached hydrogen (secondary N) is 1. The lowest BCUT2D eigenvalue weighted by Crippen LogP contribution is -2.59. The fourth-order valence-corrected chi connectivity index (χ4v) is 8.50. The van der Waals surface area contributed by atoms with E-state index in [1.165, 1.54) is 18.9 Å². The minimum atomic E-state index is -0.485. The number of hydrogen-bond donors (Lipinski definition) is 2. The number of fused-ring (bicyclic) bond motifs is 4. The third kappa shape index (κ3) is 2.92. The average molecular weight is 485 g/mol. The molecule has 2 aromatic heterocycles. The van der Waals surface area contributed by atoms with Crippen LogP contribution in [0.3, 0.4) is 0 Å². The molecule has 4 bridgehead atoms. The van der Waals surface area contributed by atoms with E-state index in [4.69, 9.17) is 4.42 Å². The molecule has 1 aliphatic heterocycles. The second kappa shape index (κ2) is 7.42. The van der Waals surface area contributed by atoms with Crippen molar-refractivity contribution in [3.63, 3.8) is 0 Å². The van der Waals surface area contributed by atoms with Gasteiger partial charge >= 0.3 is 0 Å². The number of halogens is 1. The molecule has 4 fully saturated rings. The molecule has 4 aromatic rings. The molecule has 7 heteroatoms. The number of para-hydroxylation sites is 2. The lowest BCUT2D eigenvalue weighted by atomic mass is 9.46. The highest BCUT2D eigenvalue weighted by molar-refractivity contribution is 5.74. The number of aliphatic hydroxyl groups is 1. The van der Waals surface area contributed by atoms with E-state index in [2.05, 4.69) is 19.9 Å². The predicted octanol–water partition coefficient (Wildman–Crippen LogP) is 5.79. The van der Waals surface area contributed by atoms with Gasteiger partial charge in [-0.15, -0.1) is 0 Å². The molecule has 2 N–H and O–H groups in total. The van der Waals surface area contributed by atoms with Gasteiger partial charge in [-0.3, -0.25) is 0 Å². The Kier molecular flexibility index (Phi) is 4.32. The third-order valence-electron chi connectivity index (χ3n) is 9.72. The third-order valence-corrected chi connectivity index (χ3v) is 9.72. The molecule has 2 aromatic carbocycles. The molecule has 4 saturated carbocycles. The zero-order chi connectivity index (χ0) is 24.0. The van der Waals surface area contributed by atoms with Gasteiger partial charge in [0.25, 0.3) is 6.01 Å². The molecule has 3 heterocycles. The van der Waals surface area contributed by atoms with Gasteiger partial charge in [0.2, 0.25) is 0 Å². The quantitative estimate of drug-likeness (QED) is 0.375. The number of aliphatic hydroxyl groups excluding tert-OH is 1. The van der Waals surface area contributed by atoms with Crippen molar-refractivity contribution in [2.24, 2.45) is 23.2 Å². The second-order valence-corrected chi connectivity index (χ2v) is 11.6. The maximum absolute atomic E-state index is 15.0. The van der Waals surface area contributed by atoms with Crippen LogP contribution in [0, 0.1) is 29.0 Å². The van der Waals surface area contributed by atoms with Crippen LogP contribution in [0.15, 0.2) is 59.4 Å². The average Bonchev–Trinajstić information content (AvgIpc) is 3.57. The molecule has 0 spiro atoms. The Bertz CT molecular complexity index is 1430. The van der Waals surface area contributed by atoms with E-state index in [0.717, 1.165) is 41.6 Å². The van der Waals surface area contributed by atoms with E-state index in [9.17, 15) is 9.50 Å². The van der Waals surface area contributed by atoms with Crippen molar-refractivity contribution < 1.29 is 13.9 Å². The van der Waals surface area contributed by atoms with Crippen molar-refractivity contribution in [1.82, 2.24) is 14.5 Å². The molecular formula is C29H29FN4O2. The summed E-state index contributed by atoms with van der Waals surface area (Å²) in [5.41, 5.74) is 4.11. The Morgan fingerprint density at radius 2 is 1.94 bits per heavy atom. The molecule has 2 unspecified atom stereocenters. The fraction of sp³-hybridized carbons (Fsp3) is 0.448. The van der Waals surface area contributed by atoms with Crippen LogP contribution in [0.2, 0.25) is 0 Å². The summed E-state index contributed by atoms with van der Waals surface area (Å²) in [5.74, 6) is 1.42. The van der Waals surface area contributed by atoms with Crippen molar-refractivity contribution in [2.45, 2.75) is 56.7 Å². The number of imidazole rings is 1. The summed E-state index contributed by atoms with van der Waals surface area (Å²) in [6.07, 6.45) is 9.06. The Labute approximate surface area is 208 Å². The van der Waals surface area contributed by atoms with Crippen molar-refractivity contribution in [3.05, 3.63) is 66.4 Å². The number of hydrogen-bond acceptors (Lipinski definition) is 5. The molecule has 184 valence electrons. The van der Waals surface area contributed by atoms with Crippen molar-refractivity contribution in [3.8, 4) is 11.3 Å². The van der Waals surface area contributed by atoms with E-state index >= 15 is 0 Å². The van der Waals surface area contributed by atoms with Crippen molar-refractivity contribution in [2.75, 3.05) is 5.32 Å². The van der Waals surface area contributed by atoms with E-state index in [0.29, 0.717) is 41.8 Å². The number of oxazole rings is 1. The smallest absolute Gasteiger partial charge is 0.295 e. The Morgan fingerprint density at radius 3 is 2.78 bits per heavy atom. The Hall–Kier alpha value is -3.19. The first-order valence-electron chi connectivity index (χ1n) is 13.2. The summed E-state index contributed by atoms with van der Waals surface area (Å²) in [6, 6.07) is 13.8. The summed E-state index contributed by atoms with van der Waals surface area (Å²) in [7, 11) is 0. The lowest BCUT2D eigenvalue weighted by molar-refractivity contribution is -0.129. The van der Waals surface area contributed by atoms with Gasteiger partial charge in [-0.05, 0) is 79.9 Å². The molecule has 4 atom stereocenters. The van der Waals surface area contributed by atoms with Crippen LogP contribution in [-0.4, -0.2) is 31.8 Å². The first kappa shape index (κ1) is 20.9. The molecule has 0 amide bonds. The maximum Gasteiger partial charge on any atom is 0.295 e. The second-order valence-electron chi connectivity index (χ2n) is 11.6. The molecule has 0 radical (unpaired) electrons. The van der Waals surface area contributed by atoms with E-state index in [1.54, 1.807) is 18.6 Å². The van der Waals surface area contributed by atoms with Crippen LogP contribution in [0.1, 0.15) is 50.1 Å². The standard InChI is InChI=1S/C29H29FN4O2/c30-20-5-3-4-19-23-14-31-15-34(23)22(26(19)20)10-25(35)29-11-16-8-17(12-29)27(18(9-16)13-29)33-28-32-21-6-1-2-7-24(21)36-28/h1-7,14-18,22,25,27,35H,8-13H2,(H,32,33)/t16?,17?,18?,22-,25+,27?,29?/m1/s1. The van der Waals surface area contributed by atoms with Crippen LogP contribution >= 0.6 is 0 Å². The largest absolute Gasteiger partial charge is 0.424 e. The SMILES string of the molecule is O[C@@H](C[C@@H]1c2c(F)cccc2-c2cncn21)C12CC3CC(C1)C(Nc1nc4ccccc4o1)C(C3)C2. The zero-order valence-corrected chi connectivity index (χ0v) is 20.0. The van der Waals surface area contributed by atoms with Gasteiger partial charge in [0.05, 0.1) is 30.4 Å². The summed E-state index contributed by atoms with van der Waals surface area (Å²) in [5, 5.41) is 15.5. The summed E-state index contributed by atoms with van der Waals surface area (Å²) in [6.45, 7) is 0. The number of benzene rings is 2. The molecule has 9 rings (SSSR count). The van der Waals surface area contributed by atoms with Crippen LogP contribution in [-0.2, 0) is 0 Å². The number of rotatable bonds is 5. The highest BCUT2D eigenvalue weighted by Gasteiger charge is 2.58. The van der Waals surface area contributed by atoms with Crippen molar-refractivity contribution >= 4 is 17.1 Å².